The smallest absolute Gasteiger partial charge is 0.306 e. The standard InChI is InChI=1S/C17H22O5S2/c1-19-13-7-11(8-14(20-2)16(13)21-3)17(23-5-4-6-24-17)12-9-15(18)22-10-12/h7-8,12H,4-6,9-10H2,1-3H3. The van der Waals surface area contributed by atoms with E-state index in [2.05, 4.69) is 0 Å². The van der Waals surface area contributed by atoms with E-state index in [4.69, 9.17) is 18.9 Å². The van der Waals surface area contributed by atoms with E-state index >= 15 is 0 Å². The van der Waals surface area contributed by atoms with Gasteiger partial charge in [0, 0.05) is 5.92 Å². The van der Waals surface area contributed by atoms with Crippen LogP contribution in [0.25, 0.3) is 0 Å². The van der Waals surface area contributed by atoms with Crippen molar-refractivity contribution in [2.24, 2.45) is 5.92 Å². The summed E-state index contributed by atoms with van der Waals surface area (Å²) in [6.07, 6.45) is 1.62. The number of ether oxygens (including phenoxy) is 4. The van der Waals surface area contributed by atoms with E-state index in [0.717, 1.165) is 17.1 Å². The molecule has 0 N–H and O–H groups in total. The molecular weight excluding hydrogens is 348 g/mol. The van der Waals surface area contributed by atoms with Crippen molar-refractivity contribution in [2.75, 3.05) is 39.4 Å². The Bertz CT molecular complexity index is 588. The maximum Gasteiger partial charge on any atom is 0.306 e. The first-order valence-corrected chi connectivity index (χ1v) is 9.85. The van der Waals surface area contributed by atoms with Crippen LogP contribution in [0.2, 0.25) is 0 Å². The zero-order valence-corrected chi connectivity index (χ0v) is 15.8. The third kappa shape index (κ3) is 3.04. The number of methoxy groups -OCH3 is 3. The Balaban J connectivity index is 2.09. The van der Waals surface area contributed by atoms with E-state index in [9.17, 15) is 4.79 Å². The third-order valence-corrected chi connectivity index (χ3v) is 8.07. The molecular formula is C17H22O5S2. The molecule has 0 amide bonds. The second kappa shape index (κ2) is 7.35. The minimum Gasteiger partial charge on any atom is -0.493 e. The van der Waals surface area contributed by atoms with Crippen LogP contribution in [0.4, 0.5) is 0 Å². The van der Waals surface area contributed by atoms with Crippen molar-refractivity contribution in [3.63, 3.8) is 0 Å². The molecule has 0 spiro atoms. The predicted octanol–water partition coefficient (Wildman–Crippen LogP) is 3.30. The van der Waals surface area contributed by atoms with Gasteiger partial charge in [0.1, 0.15) is 0 Å². The topological polar surface area (TPSA) is 54.0 Å². The fourth-order valence-electron chi connectivity index (χ4n) is 3.23. The van der Waals surface area contributed by atoms with E-state index < -0.39 is 0 Å². The summed E-state index contributed by atoms with van der Waals surface area (Å²) >= 11 is 3.79. The number of hydrogen-bond acceptors (Lipinski definition) is 7. The molecule has 0 aromatic heterocycles. The number of rotatable bonds is 5. The Morgan fingerprint density at radius 3 is 2.17 bits per heavy atom. The molecule has 0 bridgehead atoms. The van der Waals surface area contributed by atoms with E-state index in [0.29, 0.717) is 30.3 Å². The van der Waals surface area contributed by atoms with Crippen LogP contribution in [0, 0.1) is 5.92 Å². The van der Waals surface area contributed by atoms with Crippen molar-refractivity contribution >= 4 is 29.5 Å². The average Bonchev–Trinajstić information content (AvgIpc) is 3.07. The Labute approximate surface area is 150 Å². The second-order valence-corrected chi connectivity index (χ2v) is 8.66. The first-order valence-electron chi connectivity index (χ1n) is 7.88. The molecule has 132 valence electrons. The van der Waals surface area contributed by atoms with Crippen LogP contribution < -0.4 is 14.2 Å². The van der Waals surface area contributed by atoms with Crippen molar-refractivity contribution in [2.45, 2.75) is 16.9 Å². The molecule has 1 unspecified atom stereocenters. The third-order valence-electron chi connectivity index (χ3n) is 4.38. The van der Waals surface area contributed by atoms with Crippen molar-refractivity contribution in [1.82, 2.24) is 0 Å². The fraction of sp³-hybridized carbons (Fsp3) is 0.588. The van der Waals surface area contributed by atoms with Crippen molar-refractivity contribution in [1.29, 1.82) is 0 Å². The number of esters is 1. The highest BCUT2D eigenvalue weighted by atomic mass is 32.2. The van der Waals surface area contributed by atoms with E-state index in [1.54, 1.807) is 21.3 Å². The van der Waals surface area contributed by atoms with Gasteiger partial charge in [0.15, 0.2) is 11.5 Å². The molecule has 2 aliphatic heterocycles. The molecule has 2 fully saturated rings. The maximum atomic E-state index is 11.7. The van der Waals surface area contributed by atoms with Crippen molar-refractivity contribution in [3.05, 3.63) is 17.7 Å². The van der Waals surface area contributed by atoms with Gasteiger partial charge in [-0.3, -0.25) is 4.79 Å². The molecule has 24 heavy (non-hydrogen) atoms. The van der Waals surface area contributed by atoms with E-state index in [1.807, 2.05) is 35.7 Å². The molecule has 1 aromatic rings. The zero-order chi connectivity index (χ0) is 17.2. The van der Waals surface area contributed by atoms with Crippen molar-refractivity contribution in [3.8, 4) is 17.2 Å². The van der Waals surface area contributed by atoms with Gasteiger partial charge in [-0.05, 0) is 35.6 Å². The van der Waals surface area contributed by atoms with Crippen LogP contribution in [0.5, 0.6) is 17.2 Å². The molecule has 3 rings (SSSR count). The normalized spacial score (nSPS) is 22.8. The van der Waals surface area contributed by atoms with Gasteiger partial charge in [-0.2, -0.15) is 0 Å². The minimum atomic E-state index is -0.225. The number of thioether (sulfide) groups is 2. The van der Waals surface area contributed by atoms with Gasteiger partial charge < -0.3 is 18.9 Å². The maximum absolute atomic E-state index is 11.7. The summed E-state index contributed by atoms with van der Waals surface area (Å²) in [5, 5.41) is 0. The number of cyclic esters (lactones) is 1. The summed E-state index contributed by atoms with van der Waals surface area (Å²) in [5.74, 6) is 4.03. The van der Waals surface area contributed by atoms with Crippen molar-refractivity contribution < 1.29 is 23.7 Å². The van der Waals surface area contributed by atoms with E-state index in [-0.39, 0.29) is 16.0 Å². The SMILES string of the molecule is COc1cc(C2(C3COC(=O)C3)SCCCS2)cc(OC)c1OC. The van der Waals surface area contributed by atoms with Crippen LogP contribution >= 0.6 is 23.5 Å². The van der Waals surface area contributed by atoms with Gasteiger partial charge >= 0.3 is 5.97 Å². The predicted molar refractivity (Wildman–Crippen MR) is 96.4 cm³/mol. The Kier molecular flexibility index (Phi) is 5.39. The molecule has 0 radical (unpaired) electrons. The molecule has 5 nitrogen and oxygen atoms in total. The summed E-state index contributed by atoms with van der Waals surface area (Å²) in [6.45, 7) is 0.468. The highest BCUT2D eigenvalue weighted by Gasteiger charge is 2.48. The first kappa shape index (κ1) is 17.6. The second-order valence-electron chi connectivity index (χ2n) is 5.72. The largest absolute Gasteiger partial charge is 0.493 e. The lowest BCUT2D eigenvalue weighted by molar-refractivity contribution is -0.137. The minimum absolute atomic E-state index is 0.112. The number of hydrogen-bond donors (Lipinski definition) is 0. The van der Waals surface area contributed by atoms with Crippen LogP contribution in [0.3, 0.4) is 0 Å². The van der Waals surface area contributed by atoms with Crippen LogP contribution in [0.15, 0.2) is 12.1 Å². The van der Waals surface area contributed by atoms with Crippen LogP contribution in [0.1, 0.15) is 18.4 Å². The van der Waals surface area contributed by atoms with Gasteiger partial charge in [-0.15, -0.1) is 23.5 Å². The monoisotopic (exact) mass is 370 g/mol. The van der Waals surface area contributed by atoms with Crippen LogP contribution in [-0.4, -0.2) is 45.4 Å². The van der Waals surface area contributed by atoms with E-state index in [1.165, 1.54) is 6.42 Å². The Morgan fingerprint density at radius 1 is 1.08 bits per heavy atom. The molecule has 1 aromatic carbocycles. The quantitative estimate of drug-likeness (QED) is 0.737. The van der Waals surface area contributed by atoms with Gasteiger partial charge in [0.25, 0.3) is 0 Å². The lowest BCUT2D eigenvalue weighted by Gasteiger charge is -2.40. The lowest BCUT2D eigenvalue weighted by Crippen LogP contribution is -2.32. The summed E-state index contributed by atoms with van der Waals surface area (Å²) < 4.78 is 21.5. The number of carbonyl (C=O) groups is 1. The van der Waals surface area contributed by atoms with Gasteiger partial charge in [-0.1, -0.05) is 0 Å². The molecule has 2 saturated heterocycles. The zero-order valence-electron chi connectivity index (χ0n) is 14.1. The summed E-state index contributed by atoms with van der Waals surface area (Å²) in [7, 11) is 4.84. The first-order chi connectivity index (χ1) is 11.6. The molecule has 1 atom stereocenters. The molecule has 2 aliphatic rings. The van der Waals surface area contributed by atoms with Gasteiger partial charge in [0.05, 0.1) is 38.4 Å². The molecule has 7 heteroatoms. The summed E-state index contributed by atoms with van der Waals surface area (Å²) in [5.41, 5.74) is 1.09. The van der Waals surface area contributed by atoms with Gasteiger partial charge in [0.2, 0.25) is 5.75 Å². The summed E-state index contributed by atoms with van der Waals surface area (Å²) in [6, 6.07) is 4.02. The number of benzene rings is 1. The summed E-state index contributed by atoms with van der Waals surface area (Å²) in [4.78, 5) is 11.7. The molecule has 0 aliphatic carbocycles. The highest BCUT2D eigenvalue weighted by Crippen LogP contribution is 2.59. The van der Waals surface area contributed by atoms with Crippen LogP contribution in [-0.2, 0) is 13.6 Å². The Hall–Kier alpha value is -1.21. The average molecular weight is 370 g/mol. The lowest BCUT2D eigenvalue weighted by atomic mass is 9.96. The molecule has 2 heterocycles. The van der Waals surface area contributed by atoms with Gasteiger partial charge in [-0.25, -0.2) is 0 Å². The number of carbonyl (C=O) groups excluding carboxylic acids is 1. The fourth-order valence-corrected chi connectivity index (χ4v) is 6.77. The molecule has 0 saturated carbocycles. The Morgan fingerprint density at radius 2 is 1.71 bits per heavy atom. The highest BCUT2D eigenvalue weighted by molar-refractivity contribution is 8.18.